The van der Waals surface area contributed by atoms with Gasteiger partial charge in [-0.2, -0.15) is 0 Å². The van der Waals surface area contributed by atoms with Crippen molar-refractivity contribution in [2.24, 2.45) is 0 Å². The molecule has 0 radical (unpaired) electrons. The molecule has 0 saturated heterocycles. The Morgan fingerprint density at radius 1 is 1.19 bits per heavy atom. The summed E-state index contributed by atoms with van der Waals surface area (Å²) in [7, 11) is 0. The van der Waals surface area contributed by atoms with E-state index in [2.05, 4.69) is 0 Å². The number of carboxylic acid groups (broad SMARTS) is 1. The van der Waals surface area contributed by atoms with Gasteiger partial charge in [0.1, 0.15) is 0 Å². The molecule has 1 unspecified atom stereocenters. The Morgan fingerprint density at radius 2 is 1.81 bits per heavy atom. The highest BCUT2D eigenvalue weighted by Crippen LogP contribution is 2.30. The number of carboxylic acids is 1. The van der Waals surface area contributed by atoms with Crippen LogP contribution >= 0.6 is 0 Å². The number of para-hydroxylation sites is 1. The fourth-order valence-corrected chi connectivity index (χ4v) is 2.34. The molecule has 0 heterocycles. The van der Waals surface area contributed by atoms with Crippen LogP contribution in [0.15, 0.2) is 48.5 Å². The molecule has 0 aliphatic carbocycles. The van der Waals surface area contributed by atoms with E-state index in [-0.39, 0.29) is 17.7 Å². The maximum absolute atomic E-state index is 11.6. The number of nitrogens with zero attached hydrogens (tertiary/aromatic N) is 1. The molecule has 2 aromatic carbocycles. The first-order valence-electron chi connectivity index (χ1n) is 6.51. The molecule has 0 aromatic heterocycles. The third kappa shape index (κ3) is 3.25. The lowest BCUT2D eigenvalue weighted by Gasteiger charge is -2.14. The normalized spacial score (nSPS) is 11.9. The van der Waals surface area contributed by atoms with Gasteiger partial charge in [0.2, 0.25) is 0 Å². The molecule has 21 heavy (non-hydrogen) atoms. The summed E-state index contributed by atoms with van der Waals surface area (Å²) in [6, 6.07) is 13.5. The predicted molar refractivity (Wildman–Crippen MR) is 78.4 cm³/mol. The Kier molecular flexibility index (Phi) is 4.33. The van der Waals surface area contributed by atoms with Gasteiger partial charge in [0.25, 0.3) is 5.69 Å². The summed E-state index contributed by atoms with van der Waals surface area (Å²) < 4.78 is 0. The van der Waals surface area contributed by atoms with E-state index in [1.807, 2.05) is 31.2 Å². The number of rotatable bonds is 5. The maximum Gasteiger partial charge on any atom is 0.311 e. The van der Waals surface area contributed by atoms with Crippen LogP contribution in [0, 0.1) is 17.0 Å². The molecule has 108 valence electrons. The molecule has 5 nitrogen and oxygen atoms in total. The van der Waals surface area contributed by atoms with E-state index in [9.17, 15) is 20.0 Å². The van der Waals surface area contributed by atoms with E-state index in [0.717, 1.165) is 11.1 Å². The topological polar surface area (TPSA) is 80.4 Å². The van der Waals surface area contributed by atoms with Gasteiger partial charge in [-0.3, -0.25) is 14.9 Å². The molecule has 0 fully saturated rings. The fraction of sp³-hybridized carbons (Fsp3) is 0.188. The molecule has 5 heteroatoms. The molecular formula is C16H15NO4. The molecule has 0 saturated carbocycles. The zero-order chi connectivity index (χ0) is 15.4. The average molecular weight is 285 g/mol. The number of carbonyl (C=O) groups is 1. The van der Waals surface area contributed by atoms with Crippen molar-refractivity contribution < 1.29 is 14.8 Å². The second-order valence-corrected chi connectivity index (χ2v) is 4.84. The molecular weight excluding hydrogens is 270 g/mol. The van der Waals surface area contributed by atoms with Crippen LogP contribution in [0.5, 0.6) is 0 Å². The molecule has 1 N–H and O–H groups in total. The maximum atomic E-state index is 11.6. The lowest BCUT2D eigenvalue weighted by molar-refractivity contribution is -0.385. The Balaban J connectivity index is 2.44. The predicted octanol–water partition coefficient (Wildman–Crippen LogP) is 3.31. The summed E-state index contributed by atoms with van der Waals surface area (Å²) in [5.41, 5.74) is 1.93. The van der Waals surface area contributed by atoms with Crippen LogP contribution in [0.4, 0.5) is 5.69 Å². The van der Waals surface area contributed by atoms with Gasteiger partial charge in [0, 0.05) is 11.6 Å². The zero-order valence-electron chi connectivity index (χ0n) is 11.5. The third-order valence-corrected chi connectivity index (χ3v) is 3.49. The van der Waals surface area contributed by atoms with Crippen LogP contribution in [0.3, 0.4) is 0 Å². The van der Waals surface area contributed by atoms with Crippen LogP contribution in [0.25, 0.3) is 0 Å². The van der Waals surface area contributed by atoms with Crippen molar-refractivity contribution in [2.45, 2.75) is 19.3 Å². The van der Waals surface area contributed by atoms with E-state index < -0.39 is 16.8 Å². The highest BCUT2D eigenvalue weighted by molar-refractivity contribution is 5.78. The van der Waals surface area contributed by atoms with Crippen molar-refractivity contribution in [3.05, 3.63) is 75.3 Å². The molecule has 0 spiro atoms. The number of aliphatic carboxylic acids is 1. The van der Waals surface area contributed by atoms with E-state index >= 15 is 0 Å². The highest BCUT2D eigenvalue weighted by atomic mass is 16.6. The van der Waals surface area contributed by atoms with Crippen LogP contribution in [-0.2, 0) is 11.2 Å². The smallest absolute Gasteiger partial charge is 0.311 e. The monoisotopic (exact) mass is 285 g/mol. The Hall–Kier alpha value is -2.69. The number of nitro groups is 1. The van der Waals surface area contributed by atoms with Gasteiger partial charge in [-0.15, -0.1) is 0 Å². The number of benzene rings is 2. The van der Waals surface area contributed by atoms with Crippen molar-refractivity contribution in [3.63, 3.8) is 0 Å². The van der Waals surface area contributed by atoms with Crippen LogP contribution in [0.1, 0.15) is 22.6 Å². The number of aryl methyl sites for hydroxylation is 1. The molecule has 2 rings (SSSR count). The van der Waals surface area contributed by atoms with Gasteiger partial charge < -0.3 is 5.11 Å². The molecule has 0 amide bonds. The minimum atomic E-state index is -1.06. The molecule has 2 aromatic rings. The summed E-state index contributed by atoms with van der Waals surface area (Å²) >= 11 is 0. The van der Waals surface area contributed by atoms with Gasteiger partial charge in [-0.25, -0.2) is 0 Å². The summed E-state index contributed by atoms with van der Waals surface area (Å²) in [5.74, 6) is -2.00. The summed E-state index contributed by atoms with van der Waals surface area (Å²) in [6.07, 6.45) is 0.229. The number of nitro benzene ring substituents is 1. The summed E-state index contributed by atoms with van der Waals surface area (Å²) in [5, 5.41) is 20.5. The minimum absolute atomic E-state index is 0.154. The first-order valence-corrected chi connectivity index (χ1v) is 6.51. The Labute approximate surface area is 122 Å². The van der Waals surface area contributed by atoms with Crippen LogP contribution in [0.2, 0.25) is 0 Å². The highest BCUT2D eigenvalue weighted by Gasteiger charge is 2.27. The molecule has 0 aliphatic heterocycles. The van der Waals surface area contributed by atoms with Crippen molar-refractivity contribution in [2.75, 3.05) is 0 Å². The minimum Gasteiger partial charge on any atom is -0.481 e. The first kappa shape index (κ1) is 14.7. The zero-order valence-corrected chi connectivity index (χ0v) is 11.5. The fourth-order valence-electron chi connectivity index (χ4n) is 2.34. The van der Waals surface area contributed by atoms with E-state index in [1.165, 1.54) is 18.2 Å². The molecule has 0 bridgehead atoms. The van der Waals surface area contributed by atoms with Crippen molar-refractivity contribution in [3.8, 4) is 0 Å². The van der Waals surface area contributed by atoms with E-state index in [1.54, 1.807) is 6.07 Å². The van der Waals surface area contributed by atoms with Gasteiger partial charge in [0.05, 0.1) is 10.8 Å². The average Bonchev–Trinajstić information content (AvgIpc) is 2.46. The lowest BCUT2D eigenvalue weighted by Crippen LogP contribution is -2.16. The van der Waals surface area contributed by atoms with Crippen LogP contribution in [-0.4, -0.2) is 16.0 Å². The van der Waals surface area contributed by atoms with Gasteiger partial charge >= 0.3 is 5.97 Å². The Bertz CT molecular complexity index is 681. The summed E-state index contributed by atoms with van der Waals surface area (Å²) in [6.45, 7) is 1.90. The summed E-state index contributed by atoms with van der Waals surface area (Å²) in [4.78, 5) is 22.1. The first-order chi connectivity index (χ1) is 10.0. The number of hydrogen-bond acceptors (Lipinski definition) is 3. The second-order valence-electron chi connectivity index (χ2n) is 4.84. The van der Waals surface area contributed by atoms with Gasteiger partial charge in [0.15, 0.2) is 0 Å². The lowest BCUT2D eigenvalue weighted by atomic mass is 9.89. The van der Waals surface area contributed by atoms with Gasteiger partial charge in [-0.1, -0.05) is 42.5 Å². The molecule has 1 atom stereocenters. The largest absolute Gasteiger partial charge is 0.481 e. The second kappa shape index (κ2) is 6.17. The van der Waals surface area contributed by atoms with Gasteiger partial charge in [-0.05, 0) is 24.5 Å². The SMILES string of the molecule is Cc1ccccc1CC(C(=O)O)c1ccccc1[N+](=O)[O-]. The number of hydrogen-bond donors (Lipinski definition) is 1. The van der Waals surface area contributed by atoms with E-state index in [4.69, 9.17) is 0 Å². The standard InChI is InChI=1S/C16H15NO4/c1-11-6-2-3-7-12(11)10-14(16(18)19)13-8-4-5-9-15(13)17(20)21/h2-9,14H,10H2,1H3,(H,18,19). The quantitative estimate of drug-likeness (QED) is 0.675. The van der Waals surface area contributed by atoms with Crippen molar-refractivity contribution in [1.29, 1.82) is 0 Å². The van der Waals surface area contributed by atoms with E-state index in [0.29, 0.717) is 0 Å². The van der Waals surface area contributed by atoms with Crippen LogP contribution < -0.4 is 0 Å². The molecule has 0 aliphatic rings. The third-order valence-electron chi connectivity index (χ3n) is 3.49. The van der Waals surface area contributed by atoms with Crippen molar-refractivity contribution >= 4 is 11.7 Å². The van der Waals surface area contributed by atoms with Crippen molar-refractivity contribution in [1.82, 2.24) is 0 Å². The Morgan fingerprint density at radius 3 is 2.43 bits per heavy atom.